The summed E-state index contributed by atoms with van der Waals surface area (Å²) < 4.78 is 57.1. The van der Waals surface area contributed by atoms with Gasteiger partial charge in [0.25, 0.3) is 6.43 Å². The molecule has 1 aromatic carbocycles. The summed E-state index contributed by atoms with van der Waals surface area (Å²) in [5, 5.41) is 19.6. The number of aliphatic hydroxyl groups excluding tert-OH is 1. The van der Waals surface area contributed by atoms with Crippen LogP contribution in [-0.2, 0) is 6.54 Å². The second kappa shape index (κ2) is 9.68. The third kappa shape index (κ3) is 4.56. The minimum Gasteiger partial charge on any atom is -0.505 e. The first kappa shape index (κ1) is 25.6. The van der Waals surface area contributed by atoms with E-state index in [2.05, 4.69) is 19.9 Å². The molecule has 10 nitrogen and oxygen atoms in total. The molecule has 2 atom stereocenters. The fraction of sp³-hybridized carbons (Fsp3) is 0.333. The molecule has 3 aromatic heterocycles. The third-order valence-corrected chi connectivity index (χ3v) is 6.77. The number of piperidine rings is 1. The summed E-state index contributed by atoms with van der Waals surface area (Å²) in [6.07, 6.45) is -0.250. The lowest BCUT2D eigenvalue weighted by Crippen LogP contribution is -2.63. The van der Waals surface area contributed by atoms with E-state index in [1.54, 1.807) is 9.47 Å². The number of nitrogen functional groups attached to an aromatic ring is 1. The normalized spacial score (nSPS) is 18.9. The van der Waals surface area contributed by atoms with Crippen molar-refractivity contribution in [1.29, 1.82) is 0 Å². The molecule has 4 heterocycles. The van der Waals surface area contributed by atoms with Crippen LogP contribution in [-0.4, -0.2) is 65.9 Å². The summed E-state index contributed by atoms with van der Waals surface area (Å²) in [5.74, 6) is -2.57. The Morgan fingerprint density at radius 1 is 1.08 bits per heavy atom. The van der Waals surface area contributed by atoms with Crippen LogP contribution in [0.2, 0.25) is 0 Å². The van der Waals surface area contributed by atoms with Crippen molar-refractivity contribution in [3.63, 3.8) is 0 Å². The maximum atomic E-state index is 14.7. The van der Waals surface area contributed by atoms with E-state index >= 15 is 0 Å². The first-order chi connectivity index (χ1) is 18.1. The lowest BCUT2D eigenvalue weighted by molar-refractivity contribution is -0.0529. The number of pyridine rings is 1. The molecule has 200 valence electrons. The molecule has 1 saturated heterocycles. The molecule has 0 radical (unpaired) electrons. The maximum Gasteiger partial charge on any atom is 0.265 e. The Morgan fingerprint density at radius 2 is 1.87 bits per heavy atom. The van der Waals surface area contributed by atoms with Crippen molar-refractivity contribution in [3.05, 3.63) is 54.2 Å². The molecule has 0 saturated carbocycles. The van der Waals surface area contributed by atoms with Gasteiger partial charge in [0.05, 0.1) is 36.0 Å². The van der Waals surface area contributed by atoms with E-state index in [-0.39, 0.29) is 36.6 Å². The first-order valence-electron chi connectivity index (χ1n) is 11.7. The lowest BCUT2D eigenvalue weighted by atomic mass is 9.84. The smallest absolute Gasteiger partial charge is 0.265 e. The number of fused-ring (bicyclic) bond motifs is 1. The number of phenolic OH excluding ortho intramolecular Hbond substituents is 1. The maximum absolute atomic E-state index is 14.7. The number of phenols is 1. The van der Waals surface area contributed by atoms with Gasteiger partial charge in [-0.25, -0.2) is 32.5 Å². The summed E-state index contributed by atoms with van der Waals surface area (Å²) in [7, 11) is 0. The molecule has 6 N–H and O–H groups in total. The number of aromatic hydroxyl groups is 1. The fourth-order valence-electron chi connectivity index (χ4n) is 4.79. The standard InChI is InChI=1S/C24H24F4N8O2/c25-14-6-18(37)15(26)5-13(14)16-4-12(8-36-11-34-19-22(29)32-10-33-23(19)36)17(7-31-16)35-3-1-2-24(30,9-35)20(38)21(27)28/h4-7,10-11,20-21,37-38H,1-3,8-9,30H2,(H2,29,32,33)/t20-,24-/m1/s1. The molecule has 1 fully saturated rings. The van der Waals surface area contributed by atoms with Gasteiger partial charge in [0, 0.05) is 24.7 Å². The molecule has 14 heteroatoms. The zero-order chi connectivity index (χ0) is 27.2. The highest BCUT2D eigenvalue weighted by atomic mass is 19.3. The molecule has 0 spiro atoms. The summed E-state index contributed by atoms with van der Waals surface area (Å²) in [5.41, 5.74) is 12.3. The van der Waals surface area contributed by atoms with Crippen molar-refractivity contribution < 1.29 is 27.8 Å². The predicted octanol–water partition coefficient (Wildman–Crippen LogP) is 2.43. The summed E-state index contributed by atoms with van der Waals surface area (Å²) in [6.45, 7) is 0.463. The average Bonchev–Trinajstić information content (AvgIpc) is 3.29. The number of nitrogens with two attached hydrogens (primary N) is 2. The van der Waals surface area contributed by atoms with Gasteiger partial charge in [0.2, 0.25) is 0 Å². The van der Waals surface area contributed by atoms with E-state index < -0.39 is 35.5 Å². The molecule has 0 amide bonds. The minimum atomic E-state index is -3.02. The van der Waals surface area contributed by atoms with Gasteiger partial charge in [-0.3, -0.25) is 4.98 Å². The first-order valence-corrected chi connectivity index (χ1v) is 11.7. The van der Waals surface area contributed by atoms with Gasteiger partial charge >= 0.3 is 0 Å². The molecule has 4 aromatic rings. The number of imidazole rings is 1. The van der Waals surface area contributed by atoms with Crippen LogP contribution >= 0.6 is 0 Å². The Bertz CT molecular complexity index is 1500. The van der Waals surface area contributed by atoms with Crippen LogP contribution in [0.3, 0.4) is 0 Å². The highest BCUT2D eigenvalue weighted by molar-refractivity contribution is 5.81. The SMILES string of the molecule is Nc1ncnc2c1ncn2Cc1cc(-c2cc(F)c(O)cc2F)ncc1N1CCC[C@](N)([C@H](O)C(F)F)C1. The van der Waals surface area contributed by atoms with Crippen LogP contribution in [0.1, 0.15) is 18.4 Å². The minimum absolute atomic E-state index is 0.0716. The van der Waals surface area contributed by atoms with Crippen molar-refractivity contribution in [2.24, 2.45) is 5.73 Å². The number of anilines is 2. The van der Waals surface area contributed by atoms with Crippen molar-refractivity contribution in [2.45, 2.75) is 37.5 Å². The Kier molecular flexibility index (Phi) is 6.53. The monoisotopic (exact) mass is 532 g/mol. The zero-order valence-corrected chi connectivity index (χ0v) is 19.9. The molecular formula is C24H24F4N8O2. The molecule has 38 heavy (non-hydrogen) atoms. The Balaban J connectivity index is 1.60. The Morgan fingerprint density at radius 3 is 2.63 bits per heavy atom. The zero-order valence-electron chi connectivity index (χ0n) is 19.9. The number of rotatable bonds is 6. The van der Waals surface area contributed by atoms with E-state index in [1.165, 1.54) is 24.9 Å². The van der Waals surface area contributed by atoms with Crippen LogP contribution in [0.15, 0.2) is 37.1 Å². The molecule has 1 aliphatic heterocycles. The van der Waals surface area contributed by atoms with Crippen LogP contribution in [0, 0.1) is 11.6 Å². The van der Waals surface area contributed by atoms with Gasteiger partial charge in [-0.1, -0.05) is 0 Å². The van der Waals surface area contributed by atoms with Crippen molar-refractivity contribution in [2.75, 3.05) is 23.7 Å². The predicted molar refractivity (Wildman–Crippen MR) is 130 cm³/mol. The van der Waals surface area contributed by atoms with Crippen LogP contribution in [0.25, 0.3) is 22.4 Å². The largest absolute Gasteiger partial charge is 0.505 e. The molecule has 0 unspecified atom stereocenters. The topological polar surface area (TPSA) is 152 Å². The van der Waals surface area contributed by atoms with Crippen LogP contribution in [0.4, 0.5) is 29.1 Å². The van der Waals surface area contributed by atoms with Crippen molar-refractivity contribution in [1.82, 2.24) is 24.5 Å². The summed E-state index contributed by atoms with van der Waals surface area (Å²) in [4.78, 5) is 18.4. The summed E-state index contributed by atoms with van der Waals surface area (Å²) in [6, 6.07) is 3.01. The van der Waals surface area contributed by atoms with E-state index in [4.69, 9.17) is 11.5 Å². The number of hydrogen-bond donors (Lipinski definition) is 4. The number of aromatic nitrogens is 5. The van der Waals surface area contributed by atoms with E-state index in [1.807, 2.05) is 0 Å². The van der Waals surface area contributed by atoms with Gasteiger partial charge in [0.1, 0.15) is 23.8 Å². The number of nitrogens with zero attached hydrogens (tertiary/aromatic N) is 6. The van der Waals surface area contributed by atoms with Crippen molar-refractivity contribution in [3.8, 4) is 17.0 Å². The highest BCUT2D eigenvalue weighted by Crippen LogP contribution is 2.34. The third-order valence-electron chi connectivity index (χ3n) is 6.77. The quantitative estimate of drug-likeness (QED) is 0.274. The van der Waals surface area contributed by atoms with Crippen molar-refractivity contribution >= 4 is 22.7 Å². The number of benzene rings is 1. The summed E-state index contributed by atoms with van der Waals surface area (Å²) >= 11 is 0. The number of hydrogen-bond acceptors (Lipinski definition) is 9. The van der Waals surface area contributed by atoms with Gasteiger partial charge in [-0.2, -0.15) is 0 Å². The second-order valence-corrected chi connectivity index (χ2v) is 9.32. The number of alkyl halides is 2. The van der Waals surface area contributed by atoms with Gasteiger partial charge in [-0.15, -0.1) is 0 Å². The second-order valence-electron chi connectivity index (χ2n) is 9.32. The fourth-order valence-corrected chi connectivity index (χ4v) is 4.79. The average molecular weight is 533 g/mol. The Labute approximate surface area is 213 Å². The molecule has 0 bridgehead atoms. The Hall–Kier alpha value is -4.04. The molecule has 5 rings (SSSR count). The van der Waals surface area contributed by atoms with E-state index in [0.29, 0.717) is 41.4 Å². The molecule has 1 aliphatic rings. The van der Waals surface area contributed by atoms with Crippen LogP contribution < -0.4 is 16.4 Å². The van der Waals surface area contributed by atoms with Gasteiger partial charge in [0.15, 0.2) is 23.0 Å². The lowest BCUT2D eigenvalue weighted by Gasteiger charge is -2.44. The van der Waals surface area contributed by atoms with Gasteiger partial charge < -0.3 is 31.1 Å². The van der Waals surface area contributed by atoms with Crippen LogP contribution in [0.5, 0.6) is 5.75 Å². The van der Waals surface area contributed by atoms with E-state index in [0.717, 1.165) is 6.07 Å². The molecular weight excluding hydrogens is 508 g/mol. The number of aliphatic hydroxyl groups is 1. The van der Waals surface area contributed by atoms with Gasteiger partial charge in [-0.05, 0) is 30.5 Å². The highest BCUT2D eigenvalue weighted by Gasteiger charge is 2.43. The molecule has 0 aliphatic carbocycles. The number of halogens is 4. The van der Waals surface area contributed by atoms with E-state index in [9.17, 15) is 27.8 Å².